The lowest BCUT2D eigenvalue weighted by molar-refractivity contribution is 0.0885. The van der Waals surface area contributed by atoms with Crippen molar-refractivity contribution >= 4 is 0 Å². The second-order valence-corrected chi connectivity index (χ2v) is 7.56. The van der Waals surface area contributed by atoms with Gasteiger partial charge in [0.1, 0.15) is 0 Å². The second kappa shape index (κ2) is 8.76. The van der Waals surface area contributed by atoms with Crippen LogP contribution in [0.25, 0.3) is 0 Å². The van der Waals surface area contributed by atoms with Crippen molar-refractivity contribution in [1.82, 2.24) is 15.2 Å². The summed E-state index contributed by atoms with van der Waals surface area (Å²) in [6.07, 6.45) is 7.65. The molecule has 4 nitrogen and oxygen atoms in total. The van der Waals surface area contributed by atoms with Gasteiger partial charge in [-0.25, -0.2) is 0 Å². The fraction of sp³-hybridized carbons (Fsp3) is 0.500. The maximum atomic E-state index is 6.02. The lowest BCUT2D eigenvalue weighted by atomic mass is 9.94. The van der Waals surface area contributed by atoms with Gasteiger partial charge in [0.2, 0.25) is 0 Å². The van der Waals surface area contributed by atoms with Crippen LogP contribution in [-0.2, 0) is 11.3 Å². The standard InChI is InChI=1S/C22H29N3O/c1-2-4-19(5-3-1)22-20(10-15-26-22)16-24-21-8-13-25(14-9-21)17-18-6-11-23-12-7-18/h1-7,11-12,20-22,24H,8-10,13-17H2/t20-,22-/m1/s1. The highest BCUT2D eigenvalue weighted by atomic mass is 16.5. The lowest BCUT2D eigenvalue weighted by Crippen LogP contribution is -2.43. The molecule has 138 valence electrons. The number of benzene rings is 1. The molecule has 2 aliphatic rings. The van der Waals surface area contributed by atoms with E-state index in [4.69, 9.17) is 4.74 Å². The van der Waals surface area contributed by atoms with Gasteiger partial charge in [-0.3, -0.25) is 9.88 Å². The molecule has 26 heavy (non-hydrogen) atoms. The van der Waals surface area contributed by atoms with Crippen LogP contribution in [0.2, 0.25) is 0 Å². The number of nitrogens with one attached hydrogen (secondary N) is 1. The predicted molar refractivity (Wildman–Crippen MR) is 104 cm³/mol. The molecule has 4 rings (SSSR count). The number of likely N-dealkylation sites (tertiary alicyclic amines) is 1. The van der Waals surface area contributed by atoms with Gasteiger partial charge >= 0.3 is 0 Å². The average Bonchev–Trinajstić information content (AvgIpc) is 3.18. The molecule has 2 fully saturated rings. The third-order valence-electron chi connectivity index (χ3n) is 5.75. The number of nitrogens with zero attached hydrogens (tertiary/aromatic N) is 2. The predicted octanol–water partition coefficient (Wildman–Crippen LogP) is 3.41. The van der Waals surface area contributed by atoms with Crippen molar-refractivity contribution in [3.05, 3.63) is 66.0 Å². The first-order valence-electron chi connectivity index (χ1n) is 9.89. The van der Waals surface area contributed by atoms with Gasteiger partial charge in [-0.05, 0) is 55.6 Å². The van der Waals surface area contributed by atoms with Gasteiger partial charge in [0.05, 0.1) is 6.10 Å². The van der Waals surface area contributed by atoms with Crippen LogP contribution in [0.4, 0.5) is 0 Å². The van der Waals surface area contributed by atoms with E-state index in [1.165, 1.54) is 37.1 Å². The molecule has 0 unspecified atom stereocenters. The molecule has 2 atom stereocenters. The zero-order chi connectivity index (χ0) is 17.6. The number of rotatable bonds is 6. The van der Waals surface area contributed by atoms with Crippen molar-refractivity contribution in [2.75, 3.05) is 26.2 Å². The zero-order valence-electron chi connectivity index (χ0n) is 15.4. The highest BCUT2D eigenvalue weighted by Gasteiger charge is 2.30. The first-order chi connectivity index (χ1) is 12.9. The summed E-state index contributed by atoms with van der Waals surface area (Å²) in [6, 6.07) is 15.6. The number of pyridine rings is 1. The Balaban J connectivity index is 1.22. The Bertz CT molecular complexity index is 656. The molecule has 2 aliphatic heterocycles. The molecule has 0 spiro atoms. The Kier molecular flexibility index (Phi) is 5.95. The van der Waals surface area contributed by atoms with E-state index in [1.54, 1.807) is 0 Å². The van der Waals surface area contributed by atoms with Gasteiger partial charge in [-0.15, -0.1) is 0 Å². The monoisotopic (exact) mass is 351 g/mol. The Morgan fingerprint density at radius 1 is 1.00 bits per heavy atom. The molecule has 0 bridgehead atoms. The smallest absolute Gasteiger partial charge is 0.0866 e. The number of aromatic nitrogens is 1. The fourth-order valence-corrected chi connectivity index (χ4v) is 4.21. The molecule has 1 aromatic heterocycles. The Hall–Kier alpha value is -1.75. The van der Waals surface area contributed by atoms with Crippen LogP contribution in [0.5, 0.6) is 0 Å². The molecule has 0 radical (unpaired) electrons. The molecule has 1 aromatic carbocycles. The number of hydrogen-bond acceptors (Lipinski definition) is 4. The Morgan fingerprint density at radius 2 is 1.77 bits per heavy atom. The summed E-state index contributed by atoms with van der Waals surface area (Å²) in [5, 5.41) is 3.83. The summed E-state index contributed by atoms with van der Waals surface area (Å²) in [5.74, 6) is 0.590. The van der Waals surface area contributed by atoms with Crippen molar-refractivity contribution in [2.24, 2.45) is 5.92 Å². The molecule has 1 N–H and O–H groups in total. The number of ether oxygens (including phenoxy) is 1. The van der Waals surface area contributed by atoms with Gasteiger partial charge in [-0.2, -0.15) is 0 Å². The van der Waals surface area contributed by atoms with Crippen LogP contribution in [0, 0.1) is 5.92 Å². The third-order valence-corrected chi connectivity index (χ3v) is 5.75. The van der Waals surface area contributed by atoms with E-state index in [1.807, 2.05) is 12.4 Å². The molecule has 3 heterocycles. The van der Waals surface area contributed by atoms with Gasteiger partial charge in [0, 0.05) is 44.0 Å². The van der Waals surface area contributed by atoms with Gasteiger partial charge in [0.15, 0.2) is 0 Å². The highest BCUT2D eigenvalue weighted by Crippen LogP contribution is 2.34. The van der Waals surface area contributed by atoms with Crippen molar-refractivity contribution in [3.8, 4) is 0 Å². The van der Waals surface area contributed by atoms with E-state index < -0.39 is 0 Å². The van der Waals surface area contributed by atoms with Crippen molar-refractivity contribution < 1.29 is 4.74 Å². The van der Waals surface area contributed by atoms with E-state index in [0.29, 0.717) is 12.0 Å². The van der Waals surface area contributed by atoms with Crippen LogP contribution in [0.1, 0.15) is 36.5 Å². The molecule has 0 saturated carbocycles. The zero-order valence-corrected chi connectivity index (χ0v) is 15.4. The maximum absolute atomic E-state index is 6.02. The van der Waals surface area contributed by atoms with Crippen molar-refractivity contribution in [2.45, 2.75) is 38.0 Å². The Morgan fingerprint density at radius 3 is 2.54 bits per heavy atom. The van der Waals surface area contributed by atoms with Crippen LogP contribution >= 0.6 is 0 Å². The van der Waals surface area contributed by atoms with Gasteiger partial charge < -0.3 is 10.1 Å². The van der Waals surface area contributed by atoms with Gasteiger partial charge in [-0.1, -0.05) is 30.3 Å². The summed E-state index contributed by atoms with van der Waals surface area (Å²) in [5.41, 5.74) is 2.68. The topological polar surface area (TPSA) is 37.4 Å². The van der Waals surface area contributed by atoms with Crippen molar-refractivity contribution in [3.63, 3.8) is 0 Å². The minimum absolute atomic E-state index is 0.260. The normalized spacial score (nSPS) is 24.8. The van der Waals surface area contributed by atoms with Gasteiger partial charge in [0.25, 0.3) is 0 Å². The minimum atomic E-state index is 0.260. The number of hydrogen-bond donors (Lipinski definition) is 1. The molecule has 2 saturated heterocycles. The summed E-state index contributed by atoms with van der Waals surface area (Å²) in [7, 11) is 0. The quantitative estimate of drug-likeness (QED) is 0.865. The minimum Gasteiger partial charge on any atom is -0.373 e. The molecular weight excluding hydrogens is 322 g/mol. The molecule has 2 aromatic rings. The van der Waals surface area contributed by atoms with E-state index in [9.17, 15) is 0 Å². The summed E-state index contributed by atoms with van der Waals surface area (Å²) < 4.78 is 6.02. The summed E-state index contributed by atoms with van der Waals surface area (Å²) >= 11 is 0. The van der Waals surface area contributed by atoms with Crippen LogP contribution in [0.15, 0.2) is 54.9 Å². The third kappa shape index (κ3) is 4.50. The molecule has 0 amide bonds. The fourth-order valence-electron chi connectivity index (χ4n) is 4.21. The SMILES string of the molecule is c1ccc([C@H]2OCC[C@@H]2CNC2CCN(Cc3ccncc3)CC2)cc1. The van der Waals surface area contributed by atoms with Crippen molar-refractivity contribution in [1.29, 1.82) is 0 Å². The maximum Gasteiger partial charge on any atom is 0.0866 e. The van der Waals surface area contributed by atoms with E-state index in [0.717, 1.165) is 26.1 Å². The Labute approximate surface area is 156 Å². The van der Waals surface area contributed by atoms with E-state index >= 15 is 0 Å². The summed E-state index contributed by atoms with van der Waals surface area (Å²) in [4.78, 5) is 6.66. The largest absolute Gasteiger partial charge is 0.373 e. The molecule has 4 heteroatoms. The van der Waals surface area contributed by atoms with Crippen LogP contribution in [-0.4, -0.2) is 42.2 Å². The lowest BCUT2D eigenvalue weighted by Gasteiger charge is -2.33. The first-order valence-corrected chi connectivity index (χ1v) is 9.89. The first kappa shape index (κ1) is 17.7. The van der Waals surface area contributed by atoms with E-state index in [2.05, 4.69) is 57.7 Å². The van der Waals surface area contributed by atoms with E-state index in [-0.39, 0.29) is 6.10 Å². The van der Waals surface area contributed by atoms with Crippen LogP contribution < -0.4 is 5.32 Å². The van der Waals surface area contributed by atoms with Crippen LogP contribution in [0.3, 0.4) is 0 Å². The second-order valence-electron chi connectivity index (χ2n) is 7.56. The molecule has 0 aliphatic carbocycles. The highest BCUT2D eigenvalue weighted by molar-refractivity contribution is 5.19. The average molecular weight is 351 g/mol. The number of piperidine rings is 1. The summed E-state index contributed by atoms with van der Waals surface area (Å²) in [6.45, 7) is 5.33. The molecular formula is C22H29N3O.